The van der Waals surface area contributed by atoms with Crippen LogP contribution in [0.1, 0.15) is 64.7 Å². The van der Waals surface area contributed by atoms with Gasteiger partial charge in [-0.3, -0.25) is 0 Å². The van der Waals surface area contributed by atoms with Gasteiger partial charge in [0.15, 0.2) is 0 Å². The molecule has 0 saturated carbocycles. The van der Waals surface area contributed by atoms with Crippen LogP contribution in [0.5, 0.6) is 0 Å². The molecule has 0 aliphatic heterocycles. The normalized spacial score (nSPS) is 12.6. The van der Waals surface area contributed by atoms with Crippen molar-refractivity contribution in [3.63, 3.8) is 0 Å². The predicted molar refractivity (Wildman–Crippen MR) is 88.6 cm³/mol. The molecule has 0 heterocycles. The lowest BCUT2D eigenvalue weighted by atomic mass is 10.0. The van der Waals surface area contributed by atoms with Gasteiger partial charge in [-0.1, -0.05) is 64.0 Å². The van der Waals surface area contributed by atoms with Crippen LogP contribution in [0.4, 0.5) is 0 Å². The number of hydrogen-bond donors (Lipinski definition) is 0. The predicted octanol–water partition coefficient (Wildman–Crippen LogP) is 5.44. The first-order valence-corrected chi connectivity index (χ1v) is 8.16. The highest BCUT2D eigenvalue weighted by Gasteiger charge is 2.05. The standard InChI is InChI=1S/C18H35N/c1-5-8-9-10-11-12-13-14-16-19(4)17-18(7-3)15-6-2/h6-7,18H,2-3,5,8-17H2,1,4H3. The Bertz CT molecular complexity index is 210. The van der Waals surface area contributed by atoms with Crippen molar-refractivity contribution in [2.24, 2.45) is 5.92 Å². The van der Waals surface area contributed by atoms with E-state index in [-0.39, 0.29) is 0 Å². The van der Waals surface area contributed by atoms with E-state index in [9.17, 15) is 0 Å². The zero-order valence-corrected chi connectivity index (χ0v) is 13.4. The summed E-state index contributed by atoms with van der Waals surface area (Å²) < 4.78 is 0. The first-order chi connectivity index (χ1) is 9.24. The number of allylic oxidation sites excluding steroid dienone is 1. The minimum Gasteiger partial charge on any atom is -0.306 e. The molecule has 0 rings (SSSR count). The highest BCUT2D eigenvalue weighted by Crippen LogP contribution is 2.10. The quantitative estimate of drug-likeness (QED) is 0.299. The fraction of sp³-hybridized carbons (Fsp3) is 0.778. The molecule has 0 bridgehead atoms. The highest BCUT2D eigenvalue weighted by molar-refractivity contribution is 4.86. The molecule has 19 heavy (non-hydrogen) atoms. The summed E-state index contributed by atoms with van der Waals surface area (Å²) in [5, 5.41) is 0. The molecule has 1 unspecified atom stereocenters. The second-order valence-corrected chi connectivity index (χ2v) is 5.76. The van der Waals surface area contributed by atoms with Crippen LogP contribution in [-0.4, -0.2) is 25.0 Å². The van der Waals surface area contributed by atoms with Gasteiger partial charge in [-0.05, 0) is 32.4 Å². The monoisotopic (exact) mass is 265 g/mol. The SMILES string of the molecule is C=CCC(C=C)CN(C)CCCCCCCCCC. The van der Waals surface area contributed by atoms with Crippen LogP contribution in [0.25, 0.3) is 0 Å². The average molecular weight is 265 g/mol. The van der Waals surface area contributed by atoms with E-state index < -0.39 is 0 Å². The topological polar surface area (TPSA) is 3.24 Å². The summed E-state index contributed by atoms with van der Waals surface area (Å²) in [5.74, 6) is 0.566. The Hall–Kier alpha value is -0.560. The van der Waals surface area contributed by atoms with Crippen LogP contribution in [0.15, 0.2) is 25.3 Å². The maximum Gasteiger partial charge on any atom is 0.00442 e. The molecule has 0 aliphatic rings. The van der Waals surface area contributed by atoms with Gasteiger partial charge in [0.25, 0.3) is 0 Å². The molecule has 1 nitrogen and oxygen atoms in total. The lowest BCUT2D eigenvalue weighted by Crippen LogP contribution is -2.25. The Morgan fingerprint density at radius 3 is 2.05 bits per heavy atom. The third-order valence-corrected chi connectivity index (χ3v) is 3.74. The van der Waals surface area contributed by atoms with Crippen molar-refractivity contribution in [3.05, 3.63) is 25.3 Å². The molecular weight excluding hydrogens is 230 g/mol. The lowest BCUT2D eigenvalue weighted by molar-refractivity contribution is 0.293. The lowest BCUT2D eigenvalue weighted by Gasteiger charge is -2.20. The molecule has 0 aromatic rings. The molecule has 0 radical (unpaired) electrons. The van der Waals surface area contributed by atoms with Gasteiger partial charge in [0.2, 0.25) is 0 Å². The van der Waals surface area contributed by atoms with Crippen molar-refractivity contribution in [2.75, 3.05) is 20.1 Å². The third-order valence-electron chi connectivity index (χ3n) is 3.74. The van der Waals surface area contributed by atoms with Gasteiger partial charge in [0, 0.05) is 6.54 Å². The molecule has 0 aliphatic carbocycles. The summed E-state index contributed by atoms with van der Waals surface area (Å²) in [7, 11) is 2.22. The summed E-state index contributed by atoms with van der Waals surface area (Å²) in [4.78, 5) is 2.44. The molecule has 0 saturated heterocycles. The van der Waals surface area contributed by atoms with E-state index in [1.54, 1.807) is 0 Å². The Balaban J connectivity index is 3.39. The summed E-state index contributed by atoms with van der Waals surface area (Å²) in [6.07, 6.45) is 16.3. The molecule has 0 amide bonds. The van der Waals surface area contributed by atoms with E-state index in [1.807, 2.05) is 6.08 Å². The second kappa shape index (κ2) is 13.9. The van der Waals surface area contributed by atoms with E-state index in [4.69, 9.17) is 0 Å². The highest BCUT2D eigenvalue weighted by atomic mass is 15.1. The Labute approximate surface area is 121 Å². The summed E-state index contributed by atoms with van der Waals surface area (Å²) >= 11 is 0. The molecule has 0 spiro atoms. The van der Waals surface area contributed by atoms with Crippen molar-refractivity contribution in [1.29, 1.82) is 0 Å². The number of rotatable bonds is 14. The van der Waals surface area contributed by atoms with Gasteiger partial charge < -0.3 is 4.90 Å². The van der Waals surface area contributed by atoms with Crippen LogP contribution >= 0.6 is 0 Å². The Morgan fingerprint density at radius 2 is 1.53 bits per heavy atom. The maximum atomic E-state index is 3.90. The summed E-state index contributed by atoms with van der Waals surface area (Å²) in [5.41, 5.74) is 0. The fourth-order valence-electron chi connectivity index (χ4n) is 2.47. The molecule has 0 aromatic carbocycles. The molecule has 0 N–H and O–H groups in total. The summed E-state index contributed by atoms with van der Waals surface area (Å²) in [6.45, 7) is 12.3. The molecule has 0 aromatic heterocycles. The van der Waals surface area contributed by atoms with Gasteiger partial charge >= 0.3 is 0 Å². The van der Waals surface area contributed by atoms with Gasteiger partial charge in [-0.25, -0.2) is 0 Å². The van der Waals surface area contributed by atoms with E-state index in [0.717, 1.165) is 13.0 Å². The van der Waals surface area contributed by atoms with Crippen LogP contribution in [0.2, 0.25) is 0 Å². The van der Waals surface area contributed by atoms with Crippen molar-refractivity contribution in [1.82, 2.24) is 4.90 Å². The average Bonchev–Trinajstić information content (AvgIpc) is 2.41. The van der Waals surface area contributed by atoms with E-state index in [2.05, 4.69) is 38.1 Å². The largest absolute Gasteiger partial charge is 0.306 e. The molecule has 1 heteroatoms. The zero-order valence-electron chi connectivity index (χ0n) is 13.4. The van der Waals surface area contributed by atoms with Crippen molar-refractivity contribution < 1.29 is 0 Å². The van der Waals surface area contributed by atoms with Crippen LogP contribution in [0, 0.1) is 5.92 Å². The molecule has 1 atom stereocenters. The van der Waals surface area contributed by atoms with Crippen molar-refractivity contribution in [3.8, 4) is 0 Å². The van der Waals surface area contributed by atoms with Crippen LogP contribution < -0.4 is 0 Å². The maximum absolute atomic E-state index is 3.90. The summed E-state index contributed by atoms with van der Waals surface area (Å²) in [6, 6.07) is 0. The van der Waals surface area contributed by atoms with Gasteiger partial charge in [0.1, 0.15) is 0 Å². The Kier molecular flexibility index (Phi) is 13.5. The minimum absolute atomic E-state index is 0.566. The van der Waals surface area contributed by atoms with E-state index in [1.165, 1.54) is 57.9 Å². The van der Waals surface area contributed by atoms with E-state index in [0.29, 0.717) is 5.92 Å². The number of nitrogens with zero attached hydrogens (tertiary/aromatic N) is 1. The van der Waals surface area contributed by atoms with Gasteiger partial charge in [0.05, 0.1) is 0 Å². The van der Waals surface area contributed by atoms with Crippen LogP contribution in [-0.2, 0) is 0 Å². The first kappa shape index (κ1) is 18.4. The molecule has 0 fully saturated rings. The fourth-order valence-corrected chi connectivity index (χ4v) is 2.47. The van der Waals surface area contributed by atoms with Crippen molar-refractivity contribution >= 4 is 0 Å². The first-order valence-electron chi connectivity index (χ1n) is 8.16. The second-order valence-electron chi connectivity index (χ2n) is 5.76. The zero-order chi connectivity index (χ0) is 14.3. The Morgan fingerprint density at radius 1 is 0.947 bits per heavy atom. The molecule has 112 valence electrons. The molecular formula is C18H35N. The number of unbranched alkanes of at least 4 members (excludes halogenated alkanes) is 7. The van der Waals surface area contributed by atoms with Crippen LogP contribution in [0.3, 0.4) is 0 Å². The number of hydrogen-bond acceptors (Lipinski definition) is 1. The van der Waals surface area contributed by atoms with Gasteiger partial charge in [-0.2, -0.15) is 0 Å². The minimum atomic E-state index is 0.566. The van der Waals surface area contributed by atoms with Crippen molar-refractivity contribution in [2.45, 2.75) is 64.7 Å². The van der Waals surface area contributed by atoms with E-state index >= 15 is 0 Å². The van der Waals surface area contributed by atoms with Gasteiger partial charge in [-0.15, -0.1) is 13.2 Å². The third kappa shape index (κ3) is 12.2. The smallest absolute Gasteiger partial charge is 0.00442 e.